The zero-order valence-corrected chi connectivity index (χ0v) is 11.8. The predicted molar refractivity (Wildman–Crippen MR) is 68.3 cm³/mol. The van der Waals surface area contributed by atoms with Gasteiger partial charge in [0.1, 0.15) is 15.8 Å². The zero-order valence-electron chi connectivity index (χ0n) is 10.2. The molecule has 0 aromatic heterocycles. The second-order valence-corrected chi connectivity index (χ2v) is 4.65. The van der Waals surface area contributed by atoms with Crippen LogP contribution in [0.2, 0.25) is 0 Å². The summed E-state index contributed by atoms with van der Waals surface area (Å²) in [6.07, 6.45) is 0. The maximum Gasteiger partial charge on any atom is 0.339 e. The van der Waals surface area contributed by atoms with E-state index in [-0.39, 0.29) is 17.2 Å². The molecule has 0 radical (unpaired) electrons. The van der Waals surface area contributed by atoms with Crippen molar-refractivity contribution in [1.82, 2.24) is 0 Å². The molecular formula is C12H15BrO4. The summed E-state index contributed by atoms with van der Waals surface area (Å²) in [4.78, 5) is 11.2. The van der Waals surface area contributed by atoms with Gasteiger partial charge in [-0.25, -0.2) is 4.79 Å². The Kier molecular flexibility index (Phi) is 4.40. The summed E-state index contributed by atoms with van der Waals surface area (Å²) >= 11 is 3.33. The van der Waals surface area contributed by atoms with Gasteiger partial charge in [-0.3, -0.25) is 0 Å². The molecule has 0 aliphatic carbocycles. The summed E-state index contributed by atoms with van der Waals surface area (Å²) in [5.74, 6) is 0.0259. The van der Waals surface area contributed by atoms with Crippen molar-refractivity contribution in [2.75, 3.05) is 14.2 Å². The summed E-state index contributed by atoms with van der Waals surface area (Å²) in [5, 5.41) is 9.15. The molecule has 0 saturated carbocycles. The quantitative estimate of drug-likeness (QED) is 0.927. The molecule has 4 nitrogen and oxygen atoms in total. The molecule has 0 aliphatic heterocycles. The number of carbonyl (C=O) groups is 1. The summed E-state index contributed by atoms with van der Waals surface area (Å²) in [7, 11) is 2.98. The second-order valence-electron chi connectivity index (χ2n) is 3.85. The fourth-order valence-corrected chi connectivity index (χ4v) is 2.40. The molecule has 0 fully saturated rings. The van der Waals surface area contributed by atoms with Gasteiger partial charge in [-0.15, -0.1) is 0 Å². The molecule has 0 bridgehead atoms. The van der Waals surface area contributed by atoms with Crippen molar-refractivity contribution < 1.29 is 19.4 Å². The van der Waals surface area contributed by atoms with Gasteiger partial charge in [0.25, 0.3) is 0 Å². The van der Waals surface area contributed by atoms with Crippen LogP contribution in [0.5, 0.6) is 11.5 Å². The van der Waals surface area contributed by atoms with E-state index in [1.165, 1.54) is 7.11 Å². The number of carboxylic acid groups (broad SMARTS) is 1. The van der Waals surface area contributed by atoms with Crippen LogP contribution in [0, 0.1) is 0 Å². The average molecular weight is 303 g/mol. The molecule has 94 valence electrons. The highest BCUT2D eigenvalue weighted by molar-refractivity contribution is 9.10. The smallest absolute Gasteiger partial charge is 0.339 e. The Morgan fingerprint density at radius 1 is 1.29 bits per heavy atom. The van der Waals surface area contributed by atoms with Gasteiger partial charge >= 0.3 is 5.97 Å². The van der Waals surface area contributed by atoms with Crippen LogP contribution < -0.4 is 9.47 Å². The lowest BCUT2D eigenvalue weighted by Gasteiger charge is -2.17. The highest BCUT2D eigenvalue weighted by Crippen LogP contribution is 2.42. The number of ether oxygens (including phenoxy) is 2. The topological polar surface area (TPSA) is 55.8 Å². The third kappa shape index (κ3) is 2.54. The maximum atomic E-state index is 11.2. The number of benzene rings is 1. The number of hydrogen-bond acceptors (Lipinski definition) is 3. The van der Waals surface area contributed by atoms with Gasteiger partial charge < -0.3 is 14.6 Å². The fourth-order valence-electron chi connectivity index (χ4n) is 1.63. The highest BCUT2D eigenvalue weighted by Gasteiger charge is 2.22. The molecule has 0 atom stereocenters. The van der Waals surface area contributed by atoms with Crippen molar-refractivity contribution in [1.29, 1.82) is 0 Å². The molecule has 1 N–H and O–H groups in total. The van der Waals surface area contributed by atoms with Crippen LogP contribution in [0.15, 0.2) is 10.5 Å². The summed E-state index contributed by atoms with van der Waals surface area (Å²) in [6.45, 7) is 3.95. The largest absolute Gasteiger partial charge is 0.495 e. The van der Waals surface area contributed by atoms with Gasteiger partial charge in [0.05, 0.1) is 14.2 Å². The van der Waals surface area contributed by atoms with E-state index >= 15 is 0 Å². The van der Waals surface area contributed by atoms with Crippen molar-refractivity contribution in [2.24, 2.45) is 0 Å². The number of methoxy groups -OCH3 is 2. The Labute approximate surface area is 109 Å². The molecule has 0 aliphatic rings. The minimum atomic E-state index is -1.02. The Hall–Kier alpha value is -1.23. The first kappa shape index (κ1) is 13.8. The van der Waals surface area contributed by atoms with E-state index in [4.69, 9.17) is 14.6 Å². The van der Waals surface area contributed by atoms with Crippen LogP contribution in [0.25, 0.3) is 0 Å². The lowest BCUT2D eigenvalue weighted by Crippen LogP contribution is -2.06. The molecular weight excluding hydrogens is 288 g/mol. The van der Waals surface area contributed by atoms with Crippen molar-refractivity contribution in [3.05, 3.63) is 21.7 Å². The first-order valence-corrected chi connectivity index (χ1v) is 5.91. The number of halogens is 1. The summed E-state index contributed by atoms with van der Waals surface area (Å²) < 4.78 is 10.9. The molecule has 0 saturated heterocycles. The molecule has 1 rings (SSSR count). The lowest BCUT2D eigenvalue weighted by molar-refractivity contribution is 0.0693. The minimum Gasteiger partial charge on any atom is -0.495 e. The van der Waals surface area contributed by atoms with Gasteiger partial charge in [0.15, 0.2) is 5.75 Å². The molecule has 1 aromatic carbocycles. The molecule has 5 heteroatoms. The maximum absolute atomic E-state index is 11.2. The number of rotatable bonds is 4. The van der Waals surface area contributed by atoms with E-state index in [9.17, 15) is 4.79 Å². The van der Waals surface area contributed by atoms with E-state index in [2.05, 4.69) is 15.9 Å². The van der Waals surface area contributed by atoms with Gasteiger partial charge in [-0.2, -0.15) is 0 Å². The second kappa shape index (κ2) is 5.40. The minimum absolute atomic E-state index is 0.129. The molecule has 1 aromatic rings. The van der Waals surface area contributed by atoms with Crippen molar-refractivity contribution >= 4 is 21.9 Å². The normalized spacial score (nSPS) is 10.5. The molecule has 0 amide bonds. The summed E-state index contributed by atoms with van der Waals surface area (Å²) in [5.41, 5.74) is 0.960. The molecule has 0 unspecified atom stereocenters. The van der Waals surface area contributed by atoms with Crippen LogP contribution in [0.1, 0.15) is 35.7 Å². The Morgan fingerprint density at radius 3 is 2.18 bits per heavy atom. The van der Waals surface area contributed by atoms with Crippen molar-refractivity contribution in [3.8, 4) is 11.5 Å². The van der Waals surface area contributed by atoms with E-state index in [0.29, 0.717) is 10.2 Å². The first-order valence-electron chi connectivity index (χ1n) is 5.11. The molecule has 0 spiro atoms. The van der Waals surface area contributed by atoms with Gasteiger partial charge in [0, 0.05) is 0 Å². The first-order chi connectivity index (χ1) is 7.93. The standard InChI is InChI=1S/C12H15BrO4/c1-6(2)7-5-8(12(14)15)11(17-4)9(13)10(7)16-3/h5-6H,1-4H3,(H,14,15). The number of hydrogen-bond donors (Lipinski definition) is 1. The average Bonchev–Trinajstić information content (AvgIpc) is 2.27. The Bertz CT molecular complexity index is 441. The van der Waals surface area contributed by atoms with Crippen LogP contribution >= 0.6 is 15.9 Å². The van der Waals surface area contributed by atoms with Crippen LogP contribution in [-0.2, 0) is 0 Å². The Morgan fingerprint density at radius 2 is 1.82 bits per heavy atom. The van der Waals surface area contributed by atoms with Crippen LogP contribution in [-0.4, -0.2) is 25.3 Å². The highest BCUT2D eigenvalue weighted by atomic mass is 79.9. The zero-order chi connectivity index (χ0) is 13.2. The van der Waals surface area contributed by atoms with Crippen LogP contribution in [0.3, 0.4) is 0 Å². The molecule has 0 heterocycles. The van der Waals surface area contributed by atoms with Gasteiger partial charge in [-0.1, -0.05) is 13.8 Å². The summed E-state index contributed by atoms with van der Waals surface area (Å²) in [6, 6.07) is 1.59. The van der Waals surface area contributed by atoms with Gasteiger partial charge in [-0.05, 0) is 33.5 Å². The number of aromatic carboxylic acids is 1. The third-order valence-electron chi connectivity index (χ3n) is 2.47. The Balaban J connectivity index is 3.60. The number of carboxylic acids is 1. The SMILES string of the molecule is COc1c(C(=O)O)cc(C(C)C)c(OC)c1Br. The van der Waals surface area contributed by atoms with Crippen molar-refractivity contribution in [2.45, 2.75) is 19.8 Å². The van der Waals surface area contributed by atoms with E-state index in [0.717, 1.165) is 5.56 Å². The molecule has 17 heavy (non-hydrogen) atoms. The van der Waals surface area contributed by atoms with Crippen molar-refractivity contribution in [3.63, 3.8) is 0 Å². The van der Waals surface area contributed by atoms with E-state index in [1.54, 1.807) is 13.2 Å². The lowest BCUT2D eigenvalue weighted by atomic mass is 9.99. The van der Waals surface area contributed by atoms with E-state index < -0.39 is 5.97 Å². The van der Waals surface area contributed by atoms with E-state index in [1.807, 2.05) is 13.8 Å². The predicted octanol–water partition coefficient (Wildman–Crippen LogP) is 3.29. The monoisotopic (exact) mass is 302 g/mol. The fraction of sp³-hybridized carbons (Fsp3) is 0.417. The third-order valence-corrected chi connectivity index (χ3v) is 3.19. The van der Waals surface area contributed by atoms with Gasteiger partial charge in [0.2, 0.25) is 0 Å². The van der Waals surface area contributed by atoms with Crippen LogP contribution in [0.4, 0.5) is 0 Å².